The van der Waals surface area contributed by atoms with Crippen LogP contribution in [-0.4, -0.2) is 11.1 Å². The molecule has 1 unspecified atom stereocenters. The monoisotopic (exact) mass is 348 g/mol. The van der Waals surface area contributed by atoms with Crippen molar-refractivity contribution in [2.45, 2.75) is 26.2 Å². The molecule has 0 spiro atoms. The molecule has 21 heavy (non-hydrogen) atoms. The minimum Gasteiger partial charge on any atom is -0.507 e. The molecule has 0 saturated carbocycles. The summed E-state index contributed by atoms with van der Waals surface area (Å²) in [5.41, 5.74) is 1.20. The Morgan fingerprint density at radius 3 is 2.52 bits per heavy atom. The van der Waals surface area contributed by atoms with Gasteiger partial charge in [0.2, 0.25) is 0 Å². The molecule has 0 heterocycles. The molecule has 1 N–H and O–H groups in total. The highest BCUT2D eigenvalue weighted by Gasteiger charge is 2.16. The smallest absolute Gasteiger partial charge is 0.347 e. The fourth-order valence-corrected chi connectivity index (χ4v) is 2.19. The van der Waals surface area contributed by atoms with Gasteiger partial charge in [0, 0.05) is 4.47 Å². The van der Waals surface area contributed by atoms with E-state index in [9.17, 15) is 9.90 Å². The Kier molecular flexibility index (Phi) is 5.02. The summed E-state index contributed by atoms with van der Waals surface area (Å²) in [6.45, 7) is 4.16. The van der Waals surface area contributed by atoms with Crippen LogP contribution in [0.3, 0.4) is 0 Å². The Morgan fingerprint density at radius 1 is 1.24 bits per heavy atom. The molecule has 0 aliphatic heterocycles. The Labute approximate surface area is 132 Å². The molecule has 0 bridgehead atoms. The van der Waals surface area contributed by atoms with Gasteiger partial charge in [-0.3, -0.25) is 0 Å². The third-order valence-electron chi connectivity index (χ3n) is 3.45. The van der Waals surface area contributed by atoms with Crippen molar-refractivity contribution in [1.82, 2.24) is 0 Å². The Hall–Kier alpha value is -1.81. The van der Waals surface area contributed by atoms with Gasteiger partial charge in [0.05, 0.1) is 0 Å². The molecule has 2 rings (SSSR count). The second kappa shape index (κ2) is 6.76. The van der Waals surface area contributed by atoms with Crippen LogP contribution in [0.2, 0.25) is 0 Å². The summed E-state index contributed by atoms with van der Waals surface area (Å²) in [6, 6.07) is 12.0. The molecule has 0 aliphatic carbocycles. The number of halogens is 1. The van der Waals surface area contributed by atoms with Gasteiger partial charge in [0.1, 0.15) is 17.1 Å². The summed E-state index contributed by atoms with van der Waals surface area (Å²) in [4.78, 5) is 12.2. The molecule has 0 aliphatic rings. The molecule has 0 saturated heterocycles. The van der Waals surface area contributed by atoms with E-state index in [4.69, 9.17) is 4.74 Å². The van der Waals surface area contributed by atoms with E-state index >= 15 is 0 Å². The summed E-state index contributed by atoms with van der Waals surface area (Å²) >= 11 is 3.32. The number of phenols is 1. The maximum atomic E-state index is 12.2. The third kappa shape index (κ3) is 3.85. The van der Waals surface area contributed by atoms with Crippen molar-refractivity contribution < 1.29 is 14.6 Å². The average Bonchev–Trinajstić information content (AvgIpc) is 2.49. The van der Waals surface area contributed by atoms with E-state index in [-0.39, 0.29) is 11.3 Å². The lowest BCUT2D eigenvalue weighted by Gasteiger charge is -2.12. The summed E-state index contributed by atoms with van der Waals surface area (Å²) < 4.78 is 6.19. The maximum absolute atomic E-state index is 12.2. The van der Waals surface area contributed by atoms with Crippen LogP contribution >= 0.6 is 15.9 Å². The van der Waals surface area contributed by atoms with Crippen molar-refractivity contribution in [3.05, 3.63) is 58.1 Å². The van der Waals surface area contributed by atoms with Crippen LogP contribution in [0.1, 0.15) is 42.1 Å². The third-order valence-corrected chi connectivity index (χ3v) is 3.97. The zero-order valence-corrected chi connectivity index (χ0v) is 13.6. The highest BCUT2D eigenvalue weighted by atomic mass is 79.9. The number of ether oxygens (including phenoxy) is 1. The molecule has 4 heteroatoms. The number of benzene rings is 2. The van der Waals surface area contributed by atoms with Gasteiger partial charge in [0.15, 0.2) is 0 Å². The number of hydrogen-bond donors (Lipinski definition) is 1. The van der Waals surface area contributed by atoms with E-state index in [0.29, 0.717) is 11.7 Å². The zero-order chi connectivity index (χ0) is 15.4. The molecule has 1 atom stereocenters. The van der Waals surface area contributed by atoms with Crippen molar-refractivity contribution in [1.29, 1.82) is 0 Å². The minimum absolute atomic E-state index is 0.0656. The van der Waals surface area contributed by atoms with Gasteiger partial charge in [-0.1, -0.05) is 35.8 Å². The summed E-state index contributed by atoms with van der Waals surface area (Å²) in [7, 11) is 0. The lowest BCUT2D eigenvalue weighted by Crippen LogP contribution is -2.09. The lowest BCUT2D eigenvalue weighted by atomic mass is 9.96. The van der Waals surface area contributed by atoms with Crippen LogP contribution in [0.4, 0.5) is 0 Å². The number of aromatic hydroxyl groups is 1. The SMILES string of the molecule is CCC(C)c1ccc(O)c(C(=O)Oc2ccc(Br)cc2)c1. The van der Waals surface area contributed by atoms with Crippen molar-refractivity contribution in [3.63, 3.8) is 0 Å². The topological polar surface area (TPSA) is 46.5 Å². The first kappa shape index (κ1) is 15.6. The lowest BCUT2D eigenvalue weighted by molar-refractivity contribution is 0.0731. The van der Waals surface area contributed by atoms with E-state index in [1.807, 2.05) is 6.07 Å². The Balaban J connectivity index is 2.23. The highest BCUT2D eigenvalue weighted by molar-refractivity contribution is 9.10. The number of esters is 1. The van der Waals surface area contributed by atoms with Gasteiger partial charge in [-0.2, -0.15) is 0 Å². The fourth-order valence-electron chi connectivity index (χ4n) is 1.92. The van der Waals surface area contributed by atoms with Crippen LogP contribution in [0.25, 0.3) is 0 Å². The number of carbonyl (C=O) groups is 1. The largest absolute Gasteiger partial charge is 0.507 e. The molecule has 0 fully saturated rings. The van der Waals surface area contributed by atoms with Crippen molar-refractivity contribution in [2.75, 3.05) is 0 Å². The van der Waals surface area contributed by atoms with Gasteiger partial charge in [-0.05, 0) is 54.3 Å². The molecule has 2 aromatic rings. The molecule has 0 amide bonds. The molecule has 0 aromatic heterocycles. The number of rotatable bonds is 4. The summed E-state index contributed by atoms with van der Waals surface area (Å²) in [5, 5.41) is 9.87. The minimum atomic E-state index is -0.556. The van der Waals surface area contributed by atoms with Gasteiger partial charge >= 0.3 is 5.97 Å². The van der Waals surface area contributed by atoms with E-state index in [0.717, 1.165) is 16.5 Å². The van der Waals surface area contributed by atoms with E-state index in [1.165, 1.54) is 0 Å². The van der Waals surface area contributed by atoms with Crippen molar-refractivity contribution in [2.24, 2.45) is 0 Å². The quantitative estimate of drug-likeness (QED) is 0.632. The molecule has 0 radical (unpaired) electrons. The summed E-state index contributed by atoms with van der Waals surface area (Å²) in [5.74, 6) is 0.144. The standard InChI is InChI=1S/C17H17BrO3/c1-3-11(2)12-4-9-16(19)15(10-12)17(20)21-14-7-5-13(18)6-8-14/h4-11,19H,3H2,1-2H3. The average molecular weight is 349 g/mol. The molecular weight excluding hydrogens is 332 g/mol. The second-order valence-electron chi connectivity index (χ2n) is 4.93. The first-order valence-electron chi connectivity index (χ1n) is 6.82. The van der Waals surface area contributed by atoms with Gasteiger partial charge in [-0.25, -0.2) is 4.79 Å². The van der Waals surface area contributed by atoms with Crippen LogP contribution in [0, 0.1) is 0 Å². The van der Waals surface area contributed by atoms with E-state index < -0.39 is 5.97 Å². The summed E-state index contributed by atoms with van der Waals surface area (Å²) in [6.07, 6.45) is 0.964. The Bertz CT molecular complexity index is 635. The van der Waals surface area contributed by atoms with Crippen LogP contribution in [-0.2, 0) is 0 Å². The normalized spacial score (nSPS) is 12.0. The zero-order valence-electron chi connectivity index (χ0n) is 12.0. The number of carbonyl (C=O) groups excluding carboxylic acids is 1. The van der Waals surface area contributed by atoms with Crippen LogP contribution < -0.4 is 4.74 Å². The first-order chi connectivity index (χ1) is 10.0. The van der Waals surface area contributed by atoms with Gasteiger partial charge in [-0.15, -0.1) is 0 Å². The van der Waals surface area contributed by atoms with E-state index in [2.05, 4.69) is 29.8 Å². The van der Waals surface area contributed by atoms with Crippen LogP contribution in [0.15, 0.2) is 46.9 Å². The molecule has 2 aromatic carbocycles. The van der Waals surface area contributed by atoms with E-state index in [1.54, 1.807) is 36.4 Å². The van der Waals surface area contributed by atoms with Gasteiger partial charge in [0.25, 0.3) is 0 Å². The Morgan fingerprint density at radius 2 is 1.90 bits per heavy atom. The number of hydrogen-bond acceptors (Lipinski definition) is 3. The number of phenolic OH excluding ortho intramolecular Hbond substituents is 1. The molecule has 3 nitrogen and oxygen atoms in total. The van der Waals surface area contributed by atoms with Gasteiger partial charge < -0.3 is 9.84 Å². The second-order valence-corrected chi connectivity index (χ2v) is 5.84. The predicted molar refractivity (Wildman–Crippen MR) is 85.9 cm³/mol. The van der Waals surface area contributed by atoms with Crippen molar-refractivity contribution >= 4 is 21.9 Å². The fraction of sp³-hybridized carbons (Fsp3) is 0.235. The first-order valence-corrected chi connectivity index (χ1v) is 7.61. The van der Waals surface area contributed by atoms with Crippen molar-refractivity contribution in [3.8, 4) is 11.5 Å². The molecular formula is C17H17BrO3. The maximum Gasteiger partial charge on any atom is 0.347 e. The van der Waals surface area contributed by atoms with Crippen LogP contribution in [0.5, 0.6) is 11.5 Å². The highest BCUT2D eigenvalue weighted by Crippen LogP contribution is 2.26. The predicted octanol–water partition coefficient (Wildman–Crippen LogP) is 4.89. The molecule has 110 valence electrons.